The van der Waals surface area contributed by atoms with E-state index >= 15 is 0 Å². The lowest BCUT2D eigenvalue weighted by molar-refractivity contribution is 0.254. The molecule has 0 N–H and O–H groups in total. The molecule has 0 aliphatic heterocycles. The fraction of sp³-hybridized carbons (Fsp3) is 0.700. The summed E-state index contributed by atoms with van der Waals surface area (Å²) >= 11 is 0. The van der Waals surface area contributed by atoms with Crippen LogP contribution in [0, 0.1) is 11.3 Å². The lowest BCUT2D eigenvalue weighted by Gasteiger charge is -2.29. The topological polar surface area (TPSA) is 27.0 Å². The van der Waals surface area contributed by atoms with Crippen LogP contribution in [0.3, 0.4) is 0 Å². The molecule has 0 aromatic heterocycles. The van der Waals surface area contributed by atoms with Gasteiger partial charge >= 0.3 is 0 Å². The van der Waals surface area contributed by atoms with E-state index in [0.29, 0.717) is 6.04 Å². The third-order valence-electron chi connectivity index (χ3n) is 2.53. The van der Waals surface area contributed by atoms with E-state index in [9.17, 15) is 0 Å². The molecule has 0 heterocycles. The maximum Gasteiger partial charge on any atom is 0.0927 e. The Kier molecular flexibility index (Phi) is 3.66. The number of nitrogens with zero attached hydrogens (tertiary/aromatic N) is 2. The fourth-order valence-corrected chi connectivity index (χ4v) is 1.76. The van der Waals surface area contributed by atoms with Crippen LogP contribution in [0.15, 0.2) is 12.3 Å². The molecule has 0 bridgehead atoms. The molecular weight excluding hydrogens is 148 g/mol. The van der Waals surface area contributed by atoms with Crippen LogP contribution < -0.4 is 0 Å². The van der Waals surface area contributed by atoms with Crippen LogP contribution in [-0.2, 0) is 0 Å². The van der Waals surface area contributed by atoms with Crippen molar-refractivity contribution in [3.05, 3.63) is 12.3 Å². The quantitative estimate of drug-likeness (QED) is 0.585. The minimum Gasteiger partial charge on any atom is -0.377 e. The van der Waals surface area contributed by atoms with Gasteiger partial charge in [0, 0.05) is 25.4 Å². The monoisotopic (exact) mass is 164 g/mol. The molecule has 0 unspecified atom stereocenters. The van der Waals surface area contributed by atoms with Crippen molar-refractivity contribution in [2.75, 3.05) is 7.05 Å². The second kappa shape index (κ2) is 4.82. The van der Waals surface area contributed by atoms with Gasteiger partial charge in [-0.25, -0.2) is 0 Å². The maximum atomic E-state index is 8.35. The summed E-state index contributed by atoms with van der Waals surface area (Å²) in [4.78, 5) is 2.17. The molecule has 0 atom stereocenters. The van der Waals surface area contributed by atoms with Crippen molar-refractivity contribution < 1.29 is 0 Å². The maximum absolute atomic E-state index is 8.35. The summed E-state index contributed by atoms with van der Waals surface area (Å²) in [5, 5.41) is 8.35. The summed E-state index contributed by atoms with van der Waals surface area (Å²) < 4.78 is 0. The van der Waals surface area contributed by atoms with Crippen molar-refractivity contribution >= 4 is 0 Å². The van der Waals surface area contributed by atoms with E-state index in [1.807, 2.05) is 12.3 Å². The fourth-order valence-electron chi connectivity index (χ4n) is 1.76. The number of rotatable bonds is 2. The molecule has 0 aromatic carbocycles. The minimum absolute atomic E-state index is 0.670. The first-order valence-corrected chi connectivity index (χ1v) is 4.63. The standard InChI is InChI=1S/C10H16N2/c1-12(9-5-8-11)10-6-3-2-4-7-10/h5,9-10H,2-4,6-7H2,1H3/b9-5+. The van der Waals surface area contributed by atoms with Gasteiger partial charge in [-0.3, -0.25) is 0 Å². The van der Waals surface area contributed by atoms with E-state index in [-0.39, 0.29) is 0 Å². The molecular formula is C10H16N2. The second-order valence-corrected chi connectivity index (χ2v) is 3.40. The van der Waals surface area contributed by atoms with Gasteiger partial charge in [0.2, 0.25) is 0 Å². The van der Waals surface area contributed by atoms with Crippen molar-refractivity contribution in [2.45, 2.75) is 38.1 Å². The van der Waals surface area contributed by atoms with Crippen molar-refractivity contribution in [3.8, 4) is 6.07 Å². The highest BCUT2D eigenvalue weighted by atomic mass is 15.1. The highest BCUT2D eigenvalue weighted by Gasteiger charge is 2.14. The van der Waals surface area contributed by atoms with E-state index in [1.54, 1.807) is 6.08 Å². The molecule has 0 spiro atoms. The average Bonchev–Trinajstić information content (AvgIpc) is 2.15. The Morgan fingerprint density at radius 1 is 1.33 bits per heavy atom. The normalized spacial score (nSPS) is 19.3. The van der Waals surface area contributed by atoms with Crippen LogP contribution in [0.2, 0.25) is 0 Å². The van der Waals surface area contributed by atoms with E-state index < -0.39 is 0 Å². The van der Waals surface area contributed by atoms with E-state index in [1.165, 1.54) is 32.1 Å². The van der Waals surface area contributed by atoms with Gasteiger partial charge < -0.3 is 4.90 Å². The SMILES string of the molecule is CN(/C=C/C#N)C1CCCCC1. The van der Waals surface area contributed by atoms with Crippen LogP contribution >= 0.6 is 0 Å². The van der Waals surface area contributed by atoms with E-state index in [0.717, 1.165) is 0 Å². The van der Waals surface area contributed by atoms with Gasteiger partial charge in [0.15, 0.2) is 0 Å². The Hall–Kier alpha value is -0.970. The number of nitriles is 1. The molecule has 1 fully saturated rings. The molecule has 1 saturated carbocycles. The van der Waals surface area contributed by atoms with E-state index in [4.69, 9.17) is 5.26 Å². The van der Waals surface area contributed by atoms with Crippen molar-refractivity contribution in [1.29, 1.82) is 5.26 Å². The zero-order valence-electron chi connectivity index (χ0n) is 7.66. The molecule has 12 heavy (non-hydrogen) atoms. The van der Waals surface area contributed by atoms with Gasteiger partial charge in [-0.05, 0) is 12.8 Å². The van der Waals surface area contributed by atoms with E-state index in [2.05, 4.69) is 11.9 Å². The van der Waals surface area contributed by atoms with Crippen LogP contribution in [0.25, 0.3) is 0 Å². The number of allylic oxidation sites excluding steroid dienone is 1. The smallest absolute Gasteiger partial charge is 0.0927 e. The highest BCUT2D eigenvalue weighted by Crippen LogP contribution is 2.21. The van der Waals surface area contributed by atoms with Crippen LogP contribution in [0.5, 0.6) is 0 Å². The first kappa shape index (κ1) is 9.12. The average molecular weight is 164 g/mol. The van der Waals surface area contributed by atoms with Gasteiger partial charge in [0.1, 0.15) is 0 Å². The Morgan fingerprint density at radius 2 is 2.00 bits per heavy atom. The third kappa shape index (κ3) is 2.58. The molecule has 0 radical (unpaired) electrons. The minimum atomic E-state index is 0.670. The van der Waals surface area contributed by atoms with Gasteiger partial charge in [-0.2, -0.15) is 5.26 Å². The Bertz CT molecular complexity index is 185. The summed E-state index contributed by atoms with van der Waals surface area (Å²) in [5.41, 5.74) is 0. The summed E-state index contributed by atoms with van der Waals surface area (Å²) in [6.45, 7) is 0. The van der Waals surface area contributed by atoms with Crippen LogP contribution in [-0.4, -0.2) is 18.0 Å². The molecule has 1 aliphatic carbocycles. The third-order valence-corrected chi connectivity index (χ3v) is 2.53. The Balaban J connectivity index is 2.35. The molecule has 0 saturated heterocycles. The van der Waals surface area contributed by atoms with Crippen LogP contribution in [0.4, 0.5) is 0 Å². The predicted molar refractivity (Wildman–Crippen MR) is 49.4 cm³/mol. The zero-order valence-corrected chi connectivity index (χ0v) is 7.66. The second-order valence-electron chi connectivity index (χ2n) is 3.40. The number of hydrogen-bond acceptors (Lipinski definition) is 2. The zero-order chi connectivity index (χ0) is 8.81. The summed E-state index contributed by atoms with van der Waals surface area (Å²) in [7, 11) is 2.06. The lowest BCUT2D eigenvalue weighted by atomic mass is 9.95. The molecule has 2 nitrogen and oxygen atoms in total. The first-order chi connectivity index (χ1) is 5.84. The highest BCUT2D eigenvalue weighted by molar-refractivity contribution is 5.01. The largest absolute Gasteiger partial charge is 0.377 e. The molecule has 1 rings (SSSR count). The first-order valence-electron chi connectivity index (χ1n) is 4.63. The molecule has 1 aliphatic rings. The Labute approximate surface area is 74.5 Å². The van der Waals surface area contributed by atoms with Crippen molar-refractivity contribution in [3.63, 3.8) is 0 Å². The number of hydrogen-bond donors (Lipinski definition) is 0. The lowest BCUT2D eigenvalue weighted by Crippen LogP contribution is -2.28. The van der Waals surface area contributed by atoms with Crippen LogP contribution in [0.1, 0.15) is 32.1 Å². The van der Waals surface area contributed by atoms with Crippen molar-refractivity contribution in [2.24, 2.45) is 0 Å². The predicted octanol–water partition coefficient (Wildman–Crippen LogP) is 2.29. The van der Waals surface area contributed by atoms with Gasteiger partial charge in [-0.1, -0.05) is 19.3 Å². The van der Waals surface area contributed by atoms with Gasteiger partial charge in [0.25, 0.3) is 0 Å². The molecule has 0 amide bonds. The Morgan fingerprint density at radius 3 is 2.58 bits per heavy atom. The van der Waals surface area contributed by atoms with Gasteiger partial charge in [-0.15, -0.1) is 0 Å². The summed E-state index contributed by atoms with van der Waals surface area (Å²) in [6, 6.07) is 2.69. The summed E-state index contributed by atoms with van der Waals surface area (Å²) in [5.74, 6) is 0. The molecule has 0 aromatic rings. The molecule has 2 heteroatoms. The molecule has 66 valence electrons. The van der Waals surface area contributed by atoms with Gasteiger partial charge in [0.05, 0.1) is 6.07 Å². The van der Waals surface area contributed by atoms with Crippen molar-refractivity contribution in [1.82, 2.24) is 4.90 Å². The summed E-state index contributed by atoms with van der Waals surface area (Å²) in [6.07, 6.45) is 10.1.